The van der Waals surface area contributed by atoms with Gasteiger partial charge in [-0.15, -0.1) is 11.3 Å². The Morgan fingerprint density at radius 2 is 2.08 bits per heavy atom. The summed E-state index contributed by atoms with van der Waals surface area (Å²) in [5.41, 5.74) is 2.24. The van der Waals surface area contributed by atoms with Crippen LogP contribution < -0.4 is 10.2 Å². The van der Waals surface area contributed by atoms with Crippen LogP contribution in [0.3, 0.4) is 0 Å². The predicted molar refractivity (Wildman–Crippen MR) is 99.9 cm³/mol. The Labute approximate surface area is 146 Å². The summed E-state index contributed by atoms with van der Waals surface area (Å²) in [6, 6.07) is 9.04. The number of furan rings is 1. The van der Waals surface area contributed by atoms with Crippen molar-refractivity contribution in [2.45, 2.75) is 38.8 Å². The molecule has 0 unspecified atom stereocenters. The summed E-state index contributed by atoms with van der Waals surface area (Å²) in [7, 11) is 0. The Morgan fingerprint density at radius 1 is 1.29 bits per heavy atom. The molecular formula is C19H23N3OS. The van der Waals surface area contributed by atoms with Crippen molar-refractivity contribution < 1.29 is 4.42 Å². The van der Waals surface area contributed by atoms with Gasteiger partial charge in [-0.1, -0.05) is 18.2 Å². The van der Waals surface area contributed by atoms with Crippen molar-refractivity contribution in [3.63, 3.8) is 0 Å². The number of para-hydroxylation sites is 1. The van der Waals surface area contributed by atoms with Crippen LogP contribution in [0.15, 0.2) is 40.3 Å². The maximum absolute atomic E-state index is 6.10. The molecule has 24 heavy (non-hydrogen) atoms. The Kier molecular flexibility index (Phi) is 4.29. The Morgan fingerprint density at radius 3 is 2.79 bits per heavy atom. The van der Waals surface area contributed by atoms with Gasteiger partial charge >= 0.3 is 0 Å². The highest BCUT2D eigenvalue weighted by Crippen LogP contribution is 2.30. The van der Waals surface area contributed by atoms with Gasteiger partial charge in [0.1, 0.15) is 11.3 Å². The lowest BCUT2D eigenvalue weighted by molar-refractivity contribution is 0.351. The van der Waals surface area contributed by atoms with Crippen LogP contribution in [0.4, 0.5) is 5.13 Å². The molecule has 0 spiro atoms. The number of anilines is 1. The second-order valence-corrected chi connectivity index (χ2v) is 7.42. The van der Waals surface area contributed by atoms with Gasteiger partial charge in [0.25, 0.3) is 0 Å². The first-order chi connectivity index (χ1) is 11.7. The van der Waals surface area contributed by atoms with Gasteiger partial charge in [0.2, 0.25) is 0 Å². The van der Waals surface area contributed by atoms with Crippen molar-refractivity contribution in [1.82, 2.24) is 10.3 Å². The summed E-state index contributed by atoms with van der Waals surface area (Å²) in [6.07, 6.45) is 4.17. The fraction of sp³-hybridized carbons (Fsp3) is 0.421. The zero-order chi connectivity index (χ0) is 16.5. The topological polar surface area (TPSA) is 41.3 Å². The Balaban J connectivity index is 1.41. The van der Waals surface area contributed by atoms with Crippen LogP contribution in [0.25, 0.3) is 11.0 Å². The minimum Gasteiger partial charge on any atom is -0.459 e. The lowest BCUT2D eigenvalue weighted by Gasteiger charge is -2.33. The Hall–Kier alpha value is -1.85. The van der Waals surface area contributed by atoms with Crippen LogP contribution >= 0.6 is 11.3 Å². The molecule has 4 rings (SSSR count). The van der Waals surface area contributed by atoms with Gasteiger partial charge < -0.3 is 14.6 Å². The minimum absolute atomic E-state index is 0.230. The zero-order valence-electron chi connectivity index (χ0n) is 14.2. The second-order valence-electron chi connectivity index (χ2n) is 6.55. The molecule has 4 nitrogen and oxygen atoms in total. The monoisotopic (exact) mass is 341 g/mol. The molecule has 0 radical (unpaired) electrons. The van der Waals surface area contributed by atoms with Gasteiger partial charge in [-0.25, -0.2) is 4.98 Å². The van der Waals surface area contributed by atoms with E-state index < -0.39 is 0 Å². The van der Waals surface area contributed by atoms with Crippen molar-refractivity contribution in [1.29, 1.82) is 0 Å². The van der Waals surface area contributed by atoms with Crippen LogP contribution in [0, 0.1) is 6.92 Å². The molecule has 3 aromatic rings. The van der Waals surface area contributed by atoms with Crippen molar-refractivity contribution in [2.24, 2.45) is 0 Å². The number of nitrogens with zero attached hydrogens (tertiary/aromatic N) is 2. The highest BCUT2D eigenvalue weighted by Gasteiger charge is 2.24. The van der Waals surface area contributed by atoms with E-state index in [0.717, 1.165) is 42.4 Å². The number of aromatic nitrogens is 1. The summed E-state index contributed by atoms with van der Waals surface area (Å²) >= 11 is 1.73. The largest absolute Gasteiger partial charge is 0.459 e. The third-order valence-electron chi connectivity index (χ3n) is 4.94. The molecule has 2 aromatic heterocycles. The fourth-order valence-electron chi connectivity index (χ4n) is 3.65. The number of rotatable bonds is 4. The van der Waals surface area contributed by atoms with Crippen LogP contribution in [-0.2, 0) is 0 Å². The van der Waals surface area contributed by atoms with Gasteiger partial charge in [0, 0.05) is 36.1 Å². The van der Waals surface area contributed by atoms with E-state index in [1.807, 2.05) is 23.7 Å². The van der Waals surface area contributed by atoms with Crippen LogP contribution in [-0.4, -0.2) is 24.1 Å². The number of fused-ring (bicyclic) bond motifs is 1. The van der Waals surface area contributed by atoms with Crippen molar-refractivity contribution in [2.75, 3.05) is 18.0 Å². The normalized spacial score (nSPS) is 17.5. The maximum Gasteiger partial charge on any atom is 0.185 e. The SMILES string of the molecule is Cc1c([C@H](C)NC2CCN(c3nccs3)CC2)oc2ccccc12. The van der Waals surface area contributed by atoms with E-state index in [4.69, 9.17) is 4.42 Å². The van der Waals surface area contributed by atoms with Crippen molar-refractivity contribution in [3.8, 4) is 0 Å². The smallest absolute Gasteiger partial charge is 0.185 e. The third kappa shape index (κ3) is 2.94. The molecule has 0 aliphatic carbocycles. The molecule has 5 heteroatoms. The number of hydrogen-bond donors (Lipinski definition) is 1. The van der Waals surface area contributed by atoms with Crippen molar-refractivity contribution >= 4 is 27.4 Å². The first-order valence-corrected chi connectivity index (χ1v) is 9.49. The molecule has 0 saturated carbocycles. The molecule has 1 atom stereocenters. The van der Waals surface area contributed by atoms with E-state index in [0.29, 0.717) is 6.04 Å². The van der Waals surface area contributed by atoms with Gasteiger partial charge in [0.15, 0.2) is 5.13 Å². The molecule has 1 aromatic carbocycles. The van der Waals surface area contributed by atoms with Crippen molar-refractivity contribution in [3.05, 3.63) is 47.2 Å². The molecule has 1 aliphatic heterocycles. The molecule has 1 fully saturated rings. The number of piperidine rings is 1. The molecular weight excluding hydrogens is 318 g/mol. The average Bonchev–Trinajstić information content (AvgIpc) is 3.24. The van der Waals surface area contributed by atoms with Crippen LogP contribution in [0.5, 0.6) is 0 Å². The van der Waals surface area contributed by atoms with Gasteiger partial charge in [-0.05, 0) is 38.3 Å². The molecule has 1 saturated heterocycles. The number of nitrogens with one attached hydrogen (secondary N) is 1. The zero-order valence-corrected chi connectivity index (χ0v) is 15.0. The number of hydrogen-bond acceptors (Lipinski definition) is 5. The highest BCUT2D eigenvalue weighted by molar-refractivity contribution is 7.13. The minimum atomic E-state index is 0.230. The molecule has 1 N–H and O–H groups in total. The molecule has 1 aliphatic rings. The third-order valence-corrected chi connectivity index (χ3v) is 5.78. The van der Waals surface area contributed by atoms with Gasteiger partial charge in [-0.3, -0.25) is 0 Å². The fourth-order valence-corrected chi connectivity index (χ4v) is 4.34. The number of thiazole rings is 1. The van der Waals surface area contributed by atoms with Crippen LogP contribution in [0.1, 0.15) is 37.1 Å². The lowest BCUT2D eigenvalue weighted by Crippen LogP contribution is -2.43. The Bertz CT molecular complexity index is 803. The van der Waals surface area contributed by atoms with E-state index in [1.165, 1.54) is 10.9 Å². The van der Waals surface area contributed by atoms with E-state index >= 15 is 0 Å². The second kappa shape index (κ2) is 6.57. The van der Waals surface area contributed by atoms with Gasteiger partial charge in [0.05, 0.1) is 6.04 Å². The highest BCUT2D eigenvalue weighted by atomic mass is 32.1. The molecule has 0 amide bonds. The van der Waals surface area contributed by atoms with E-state index in [9.17, 15) is 0 Å². The molecule has 0 bridgehead atoms. The lowest BCUT2D eigenvalue weighted by atomic mass is 10.0. The van der Waals surface area contributed by atoms with E-state index in [-0.39, 0.29) is 6.04 Å². The number of benzene rings is 1. The van der Waals surface area contributed by atoms with Crippen LogP contribution in [0.2, 0.25) is 0 Å². The molecule has 3 heterocycles. The maximum atomic E-state index is 6.10. The quantitative estimate of drug-likeness (QED) is 0.758. The molecule has 126 valence electrons. The van der Waals surface area contributed by atoms with E-state index in [1.54, 1.807) is 11.3 Å². The summed E-state index contributed by atoms with van der Waals surface area (Å²) in [5, 5.41) is 8.18. The number of aryl methyl sites for hydroxylation is 1. The summed E-state index contributed by atoms with van der Waals surface area (Å²) in [5.74, 6) is 1.07. The van der Waals surface area contributed by atoms with E-state index in [2.05, 4.69) is 41.2 Å². The summed E-state index contributed by atoms with van der Waals surface area (Å²) < 4.78 is 6.10. The first-order valence-electron chi connectivity index (χ1n) is 8.61. The summed E-state index contributed by atoms with van der Waals surface area (Å²) in [6.45, 7) is 6.50. The standard InChI is InChI=1S/C19H23N3OS/c1-13-16-5-3-4-6-17(16)23-18(13)14(2)21-15-7-10-22(11-8-15)19-20-9-12-24-19/h3-6,9,12,14-15,21H,7-8,10-11H2,1-2H3/t14-/m0/s1. The predicted octanol–water partition coefficient (Wildman–Crippen LogP) is 4.52. The average molecular weight is 341 g/mol. The first kappa shape index (κ1) is 15.7. The van der Waals surface area contributed by atoms with Gasteiger partial charge in [-0.2, -0.15) is 0 Å². The summed E-state index contributed by atoms with van der Waals surface area (Å²) in [4.78, 5) is 6.81.